The third kappa shape index (κ3) is 3.20. The van der Waals surface area contributed by atoms with Gasteiger partial charge in [0.2, 0.25) is 0 Å². The quantitative estimate of drug-likeness (QED) is 0.787. The topological polar surface area (TPSA) is 51.2 Å². The first-order valence-electron chi connectivity index (χ1n) is 5.01. The minimum atomic E-state index is -0.385. The van der Waals surface area contributed by atoms with Crippen LogP contribution in [-0.2, 0) is 4.74 Å². The summed E-state index contributed by atoms with van der Waals surface area (Å²) < 4.78 is 4.58. The van der Waals surface area contributed by atoms with Gasteiger partial charge in [0.25, 0.3) is 0 Å². The zero-order valence-corrected chi connectivity index (χ0v) is 10.1. The highest BCUT2D eigenvalue weighted by atomic mass is 32.1. The molecule has 0 amide bonds. The maximum atomic E-state index is 11.1. The molecule has 15 heavy (non-hydrogen) atoms. The Morgan fingerprint density at radius 2 is 2.27 bits per heavy atom. The van der Waals surface area contributed by atoms with Crippen molar-refractivity contribution in [3.05, 3.63) is 11.1 Å². The Labute approximate surface area is 93.7 Å². The number of rotatable bonds is 5. The fourth-order valence-electron chi connectivity index (χ4n) is 1.21. The maximum Gasteiger partial charge on any atom is 0.357 e. The highest BCUT2D eigenvalue weighted by molar-refractivity contribution is 7.13. The van der Waals surface area contributed by atoms with Gasteiger partial charge in [-0.25, -0.2) is 9.78 Å². The van der Waals surface area contributed by atoms with Gasteiger partial charge in [0.15, 0.2) is 10.8 Å². The summed E-state index contributed by atoms with van der Waals surface area (Å²) in [6.07, 6.45) is 2.09. The number of anilines is 1. The van der Waals surface area contributed by atoms with Crippen LogP contribution in [0.1, 0.15) is 37.2 Å². The molecular formula is C10H16N2O2S. The number of aromatic nitrogens is 1. The van der Waals surface area contributed by atoms with Crippen LogP contribution in [0.5, 0.6) is 0 Å². The first kappa shape index (κ1) is 12.0. The van der Waals surface area contributed by atoms with E-state index in [-0.39, 0.29) is 5.97 Å². The zero-order valence-electron chi connectivity index (χ0n) is 9.24. The van der Waals surface area contributed by atoms with Crippen LogP contribution in [-0.4, -0.2) is 24.1 Å². The van der Waals surface area contributed by atoms with E-state index in [1.54, 1.807) is 5.38 Å². The van der Waals surface area contributed by atoms with E-state index in [9.17, 15) is 4.79 Å². The standard InChI is InChI=1S/C10H16N2O2S/c1-4-7(5-2)11-10-12-8(6-15-10)9(13)14-3/h6-7H,4-5H2,1-3H3,(H,11,12). The summed E-state index contributed by atoms with van der Waals surface area (Å²) in [6.45, 7) is 4.24. The molecule has 0 bridgehead atoms. The van der Waals surface area contributed by atoms with Crippen molar-refractivity contribution in [3.8, 4) is 0 Å². The number of thiazole rings is 1. The Balaban J connectivity index is 2.63. The number of nitrogens with one attached hydrogen (secondary N) is 1. The van der Waals surface area contributed by atoms with Gasteiger partial charge in [0, 0.05) is 11.4 Å². The van der Waals surface area contributed by atoms with Crippen LogP contribution in [0.3, 0.4) is 0 Å². The smallest absolute Gasteiger partial charge is 0.357 e. The van der Waals surface area contributed by atoms with E-state index < -0.39 is 0 Å². The van der Waals surface area contributed by atoms with Crippen molar-refractivity contribution in [2.45, 2.75) is 32.7 Å². The highest BCUT2D eigenvalue weighted by Crippen LogP contribution is 2.18. The van der Waals surface area contributed by atoms with Gasteiger partial charge < -0.3 is 10.1 Å². The van der Waals surface area contributed by atoms with E-state index in [0.29, 0.717) is 11.7 Å². The Hall–Kier alpha value is -1.10. The lowest BCUT2D eigenvalue weighted by atomic mass is 10.2. The normalized spacial score (nSPS) is 10.4. The lowest BCUT2D eigenvalue weighted by molar-refractivity contribution is 0.0595. The van der Waals surface area contributed by atoms with Crippen molar-refractivity contribution in [3.63, 3.8) is 0 Å². The second kappa shape index (κ2) is 5.70. The third-order valence-electron chi connectivity index (χ3n) is 2.21. The van der Waals surface area contributed by atoms with Crippen LogP contribution in [0.25, 0.3) is 0 Å². The summed E-state index contributed by atoms with van der Waals surface area (Å²) in [7, 11) is 1.36. The molecule has 1 aromatic heterocycles. The van der Waals surface area contributed by atoms with E-state index in [0.717, 1.165) is 18.0 Å². The van der Waals surface area contributed by atoms with Crippen LogP contribution >= 0.6 is 11.3 Å². The van der Waals surface area contributed by atoms with Crippen molar-refractivity contribution in [1.82, 2.24) is 4.98 Å². The molecule has 0 aliphatic heterocycles. The first-order valence-corrected chi connectivity index (χ1v) is 5.89. The summed E-state index contributed by atoms with van der Waals surface area (Å²) in [4.78, 5) is 15.3. The number of nitrogens with zero attached hydrogens (tertiary/aromatic N) is 1. The molecule has 0 fully saturated rings. The second-order valence-electron chi connectivity index (χ2n) is 3.19. The summed E-state index contributed by atoms with van der Waals surface area (Å²) in [5.74, 6) is -0.385. The average molecular weight is 228 g/mol. The molecule has 4 nitrogen and oxygen atoms in total. The van der Waals surface area contributed by atoms with Gasteiger partial charge in [0.1, 0.15) is 0 Å². The molecule has 1 N–H and O–H groups in total. The van der Waals surface area contributed by atoms with Crippen LogP contribution in [0.4, 0.5) is 5.13 Å². The molecule has 0 unspecified atom stereocenters. The Morgan fingerprint density at radius 1 is 1.60 bits per heavy atom. The second-order valence-corrected chi connectivity index (χ2v) is 4.05. The first-order chi connectivity index (χ1) is 7.21. The predicted molar refractivity (Wildman–Crippen MR) is 61.4 cm³/mol. The fourth-order valence-corrected chi connectivity index (χ4v) is 1.96. The monoisotopic (exact) mass is 228 g/mol. The van der Waals surface area contributed by atoms with E-state index in [1.807, 2.05) is 0 Å². The van der Waals surface area contributed by atoms with Crippen LogP contribution < -0.4 is 5.32 Å². The van der Waals surface area contributed by atoms with E-state index >= 15 is 0 Å². The van der Waals surface area contributed by atoms with Gasteiger partial charge in [-0.1, -0.05) is 13.8 Å². The molecule has 0 spiro atoms. The third-order valence-corrected chi connectivity index (χ3v) is 2.99. The van der Waals surface area contributed by atoms with E-state index in [1.165, 1.54) is 18.4 Å². The average Bonchev–Trinajstić information content (AvgIpc) is 2.73. The molecule has 0 atom stereocenters. The fraction of sp³-hybridized carbons (Fsp3) is 0.600. The lowest BCUT2D eigenvalue weighted by Gasteiger charge is -2.12. The van der Waals surface area contributed by atoms with E-state index in [4.69, 9.17) is 0 Å². The molecule has 1 rings (SSSR count). The van der Waals surface area contributed by atoms with E-state index in [2.05, 4.69) is 28.9 Å². The summed E-state index contributed by atoms with van der Waals surface area (Å²) in [5.41, 5.74) is 0.371. The van der Waals surface area contributed by atoms with Gasteiger partial charge in [-0.3, -0.25) is 0 Å². The largest absolute Gasteiger partial charge is 0.464 e. The molecule has 0 radical (unpaired) electrons. The van der Waals surface area contributed by atoms with Gasteiger partial charge in [-0.15, -0.1) is 11.3 Å². The number of hydrogen-bond acceptors (Lipinski definition) is 5. The van der Waals surface area contributed by atoms with Crippen molar-refractivity contribution in [2.75, 3.05) is 12.4 Å². The van der Waals surface area contributed by atoms with Gasteiger partial charge >= 0.3 is 5.97 Å². The molecular weight excluding hydrogens is 212 g/mol. The highest BCUT2D eigenvalue weighted by Gasteiger charge is 2.12. The van der Waals surface area contributed by atoms with Crippen LogP contribution in [0.15, 0.2) is 5.38 Å². The van der Waals surface area contributed by atoms with Gasteiger partial charge in [0.05, 0.1) is 7.11 Å². The molecule has 1 aromatic rings. The van der Waals surface area contributed by atoms with Crippen molar-refractivity contribution in [1.29, 1.82) is 0 Å². The minimum absolute atomic E-state index is 0.371. The Bertz CT molecular complexity index is 321. The number of ether oxygens (including phenoxy) is 1. The molecule has 84 valence electrons. The van der Waals surface area contributed by atoms with Crippen LogP contribution in [0, 0.1) is 0 Å². The number of esters is 1. The van der Waals surface area contributed by atoms with Gasteiger partial charge in [-0.2, -0.15) is 0 Å². The molecule has 0 saturated heterocycles. The molecule has 1 heterocycles. The molecule has 0 aromatic carbocycles. The molecule has 0 aliphatic rings. The van der Waals surface area contributed by atoms with Crippen molar-refractivity contribution < 1.29 is 9.53 Å². The molecule has 0 aliphatic carbocycles. The van der Waals surface area contributed by atoms with Crippen LogP contribution in [0.2, 0.25) is 0 Å². The summed E-state index contributed by atoms with van der Waals surface area (Å²) >= 11 is 1.43. The molecule has 5 heteroatoms. The predicted octanol–water partition coefficient (Wildman–Crippen LogP) is 2.53. The summed E-state index contributed by atoms with van der Waals surface area (Å²) in [6, 6.07) is 0.418. The SMILES string of the molecule is CCC(CC)Nc1nc(C(=O)OC)cs1. The number of hydrogen-bond donors (Lipinski definition) is 1. The molecule has 0 saturated carbocycles. The zero-order chi connectivity index (χ0) is 11.3. The Kier molecular flexibility index (Phi) is 4.55. The van der Waals surface area contributed by atoms with Gasteiger partial charge in [-0.05, 0) is 12.8 Å². The summed E-state index contributed by atoms with van der Waals surface area (Å²) in [5, 5.41) is 5.76. The number of carbonyl (C=O) groups excluding carboxylic acids is 1. The van der Waals surface area contributed by atoms with Crippen molar-refractivity contribution >= 4 is 22.4 Å². The number of methoxy groups -OCH3 is 1. The Morgan fingerprint density at radius 3 is 2.80 bits per heavy atom. The maximum absolute atomic E-state index is 11.1. The number of carbonyl (C=O) groups is 1. The lowest BCUT2D eigenvalue weighted by Crippen LogP contribution is -2.16. The minimum Gasteiger partial charge on any atom is -0.464 e. The van der Waals surface area contributed by atoms with Crippen molar-refractivity contribution in [2.24, 2.45) is 0 Å².